The molecule has 1 aromatic rings. The number of aromatic nitrogens is 1. The lowest BCUT2D eigenvalue weighted by Crippen LogP contribution is -2.28. The summed E-state index contributed by atoms with van der Waals surface area (Å²) in [5.74, 6) is -0.622. The number of carbonyl (C=O) groups is 2. The van der Waals surface area contributed by atoms with Gasteiger partial charge in [0.05, 0.1) is 5.56 Å². The molecule has 1 fully saturated rings. The minimum atomic E-state index is -1.08. The van der Waals surface area contributed by atoms with Crippen LogP contribution >= 0.6 is 0 Å². The molecule has 1 unspecified atom stereocenters. The maximum Gasteiger partial charge on any atom is 0.354 e. The van der Waals surface area contributed by atoms with Gasteiger partial charge in [0.25, 0.3) is 5.91 Å². The van der Waals surface area contributed by atoms with Crippen molar-refractivity contribution in [1.82, 2.24) is 9.88 Å². The molecule has 1 amide bonds. The van der Waals surface area contributed by atoms with Crippen LogP contribution in [0.25, 0.3) is 0 Å². The number of carboxylic acids is 1. The fourth-order valence-electron chi connectivity index (χ4n) is 1.95. The lowest BCUT2D eigenvalue weighted by molar-refractivity contribution is 0.0688. The highest BCUT2D eigenvalue weighted by molar-refractivity contribution is 5.95. The van der Waals surface area contributed by atoms with Gasteiger partial charge in [0.15, 0.2) is 0 Å². The lowest BCUT2D eigenvalue weighted by atomic mass is 10.2. The second-order valence-corrected chi connectivity index (χ2v) is 4.38. The molecule has 1 aliphatic rings. The highest BCUT2D eigenvalue weighted by Gasteiger charge is 2.24. The largest absolute Gasteiger partial charge is 0.477 e. The Morgan fingerprint density at radius 3 is 2.71 bits per heavy atom. The maximum absolute atomic E-state index is 12.0. The van der Waals surface area contributed by atoms with Crippen LogP contribution < -0.4 is 0 Å². The summed E-state index contributed by atoms with van der Waals surface area (Å²) < 4.78 is 0. The fourth-order valence-corrected chi connectivity index (χ4v) is 1.95. The van der Waals surface area contributed by atoms with E-state index in [0.29, 0.717) is 11.5 Å². The monoisotopic (exact) mass is 234 g/mol. The molecule has 1 atom stereocenters. The van der Waals surface area contributed by atoms with Crippen molar-refractivity contribution in [3.63, 3.8) is 0 Å². The number of carboxylic acid groups (broad SMARTS) is 1. The van der Waals surface area contributed by atoms with Gasteiger partial charge in [-0.25, -0.2) is 9.78 Å². The Kier molecular flexibility index (Phi) is 3.08. The number of pyridine rings is 1. The quantitative estimate of drug-likeness (QED) is 0.836. The van der Waals surface area contributed by atoms with Crippen molar-refractivity contribution in [3.8, 4) is 0 Å². The van der Waals surface area contributed by atoms with Gasteiger partial charge in [0, 0.05) is 19.3 Å². The topological polar surface area (TPSA) is 70.5 Å². The van der Waals surface area contributed by atoms with Gasteiger partial charge in [-0.2, -0.15) is 0 Å². The molecular weight excluding hydrogens is 220 g/mol. The van der Waals surface area contributed by atoms with Crippen LogP contribution in [0.1, 0.15) is 34.2 Å². The predicted molar refractivity (Wildman–Crippen MR) is 60.9 cm³/mol. The van der Waals surface area contributed by atoms with E-state index in [9.17, 15) is 9.59 Å². The lowest BCUT2D eigenvalue weighted by Gasteiger charge is -2.15. The second kappa shape index (κ2) is 4.53. The van der Waals surface area contributed by atoms with Crippen molar-refractivity contribution in [2.45, 2.75) is 13.3 Å². The molecule has 90 valence electrons. The van der Waals surface area contributed by atoms with Crippen molar-refractivity contribution in [1.29, 1.82) is 0 Å². The molecular formula is C12H14N2O3. The van der Waals surface area contributed by atoms with E-state index < -0.39 is 5.97 Å². The Balaban J connectivity index is 2.12. The number of nitrogens with zero attached hydrogens (tertiary/aromatic N) is 2. The Morgan fingerprint density at radius 1 is 1.47 bits per heavy atom. The van der Waals surface area contributed by atoms with E-state index in [-0.39, 0.29) is 11.6 Å². The molecule has 5 heteroatoms. The fraction of sp³-hybridized carbons (Fsp3) is 0.417. The number of aromatic carboxylic acids is 1. The summed E-state index contributed by atoms with van der Waals surface area (Å²) in [7, 11) is 0. The molecule has 1 saturated heterocycles. The Labute approximate surface area is 99.1 Å². The smallest absolute Gasteiger partial charge is 0.354 e. The van der Waals surface area contributed by atoms with E-state index in [1.165, 1.54) is 18.3 Å². The second-order valence-electron chi connectivity index (χ2n) is 4.38. The van der Waals surface area contributed by atoms with E-state index >= 15 is 0 Å². The highest BCUT2D eigenvalue weighted by Crippen LogP contribution is 2.17. The van der Waals surface area contributed by atoms with Crippen LogP contribution in [-0.4, -0.2) is 40.0 Å². The van der Waals surface area contributed by atoms with Crippen LogP contribution in [0, 0.1) is 5.92 Å². The zero-order valence-corrected chi connectivity index (χ0v) is 9.59. The Hall–Kier alpha value is -1.91. The molecule has 0 radical (unpaired) electrons. The van der Waals surface area contributed by atoms with Crippen molar-refractivity contribution >= 4 is 11.9 Å². The molecule has 0 bridgehead atoms. The standard InChI is InChI=1S/C12H14N2O3/c1-8-4-5-14(7-8)11(15)9-2-3-10(12(16)17)13-6-9/h2-3,6,8H,4-5,7H2,1H3,(H,16,17). The molecule has 1 aromatic heterocycles. The summed E-state index contributed by atoms with van der Waals surface area (Å²) in [6, 6.07) is 2.87. The first-order valence-corrected chi connectivity index (χ1v) is 5.56. The van der Waals surface area contributed by atoms with Gasteiger partial charge >= 0.3 is 5.97 Å². The minimum Gasteiger partial charge on any atom is -0.477 e. The Morgan fingerprint density at radius 2 is 2.24 bits per heavy atom. The molecule has 1 N–H and O–H groups in total. The third-order valence-corrected chi connectivity index (χ3v) is 2.94. The van der Waals surface area contributed by atoms with Crippen LogP contribution in [0.2, 0.25) is 0 Å². The molecule has 0 aliphatic carbocycles. The minimum absolute atomic E-state index is 0.0451. The van der Waals surface area contributed by atoms with Gasteiger partial charge in [-0.05, 0) is 24.5 Å². The van der Waals surface area contributed by atoms with Gasteiger partial charge in [-0.1, -0.05) is 6.92 Å². The van der Waals surface area contributed by atoms with Crippen molar-refractivity contribution < 1.29 is 14.7 Å². The molecule has 2 rings (SSSR count). The van der Waals surface area contributed by atoms with Crippen molar-refractivity contribution in [2.24, 2.45) is 5.92 Å². The SMILES string of the molecule is CC1CCN(C(=O)c2ccc(C(=O)O)nc2)C1. The zero-order valence-electron chi connectivity index (χ0n) is 9.59. The molecule has 2 heterocycles. The number of hydrogen-bond donors (Lipinski definition) is 1. The van der Waals surface area contributed by atoms with Gasteiger partial charge < -0.3 is 10.0 Å². The third-order valence-electron chi connectivity index (χ3n) is 2.94. The predicted octanol–water partition coefficient (Wildman–Crippen LogP) is 1.26. The highest BCUT2D eigenvalue weighted by atomic mass is 16.4. The van der Waals surface area contributed by atoms with E-state index in [0.717, 1.165) is 19.5 Å². The molecule has 0 spiro atoms. The van der Waals surface area contributed by atoms with Crippen LogP contribution in [0.15, 0.2) is 18.3 Å². The average molecular weight is 234 g/mol. The number of likely N-dealkylation sites (tertiary alicyclic amines) is 1. The van der Waals surface area contributed by atoms with Crippen molar-refractivity contribution in [3.05, 3.63) is 29.6 Å². The summed E-state index contributed by atoms with van der Waals surface area (Å²) >= 11 is 0. The Bertz CT molecular complexity index is 442. The molecule has 17 heavy (non-hydrogen) atoms. The first kappa shape index (κ1) is 11.6. The summed E-state index contributed by atoms with van der Waals surface area (Å²) in [6.07, 6.45) is 2.35. The van der Waals surface area contributed by atoms with Crippen molar-refractivity contribution in [2.75, 3.05) is 13.1 Å². The van der Waals surface area contributed by atoms with Crippen LogP contribution in [-0.2, 0) is 0 Å². The number of carbonyl (C=O) groups excluding carboxylic acids is 1. The van der Waals surface area contributed by atoms with E-state index in [1.807, 2.05) is 0 Å². The van der Waals surface area contributed by atoms with E-state index in [2.05, 4.69) is 11.9 Å². The number of rotatable bonds is 2. The summed E-state index contributed by atoms with van der Waals surface area (Å²) in [5, 5.41) is 8.70. The van der Waals surface area contributed by atoms with Crippen LogP contribution in [0.3, 0.4) is 0 Å². The van der Waals surface area contributed by atoms with Gasteiger partial charge in [0.1, 0.15) is 5.69 Å². The maximum atomic E-state index is 12.0. The van der Waals surface area contributed by atoms with E-state index in [1.54, 1.807) is 4.90 Å². The van der Waals surface area contributed by atoms with Crippen LogP contribution in [0.5, 0.6) is 0 Å². The zero-order chi connectivity index (χ0) is 12.4. The van der Waals surface area contributed by atoms with Gasteiger partial charge in [0.2, 0.25) is 0 Å². The summed E-state index contributed by atoms with van der Waals surface area (Å²) in [6.45, 7) is 3.64. The molecule has 0 aromatic carbocycles. The first-order valence-electron chi connectivity index (χ1n) is 5.56. The number of amides is 1. The normalized spacial score (nSPS) is 19.4. The summed E-state index contributed by atoms with van der Waals surface area (Å²) in [4.78, 5) is 28.2. The molecule has 5 nitrogen and oxygen atoms in total. The average Bonchev–Trinajstić information content (AvgIpc) is 2.75. The third kappa shape index (κ3) is 2.43. The van der Waals surface area contributed by atoms with Gasteiger partial charge in [-0.15, -0.1) is 0 Å². The van der Waals surface area contributed by atoms with Gasteiger partial charge in [-0.3, -0.25) is 4.79 Å². The van der Waals surface area contributed by atoms with Crippen LogP contribution in [0.4, 0.5) is 0 Å². The first-order chi connectivity index (χ1) is 8.08. The van der Waals surface area contributed by atoms with E-state index in [4.69, 9.17) is 5.11 Å². The summed E-state index contributed by atoms with van der Waals surface area (Å²) in [5.41, 5.74) is 0.403. The number of hydrogen-bond acceptors (Lipinski definition) is 3. The molecule has 1 aliphatic heterocycles. The molecule has 0 saturated carbocycles.